The van der Waals surface area contributed by atoms with Crippen LogP contribution >= 0.6 is 7.67 Å². The second-order valence-electron chi connectivity index (χ2n) is 14.1. The number of nitrogens with one attached hydrogen (secondary N) is 2. The standard InChI is InChI=1S/C29H49FN7O8P/c1-11-41-22-20-21(33-26(31)34-22)37(16-32-20)25-29(10,30)12-19(45-25)13-44-46(40,35-17(2)23(38)42-14-27(4,5)6)36-18(3)24(39)43-15-28(7,8)9/h16-19,25H,11-15H2,1-10H3,(H2,31,33,34)(H2,35,36,40)/t17-,18-,19-,25+,29+/m0/s1. The summed E-state index contributed by atoms with van der Waals surface area (Å²) < 4.78 is 59.6. The molecule has 0 bridgehead atoms. The minimum atomic E-state index is -4.18. The van der Waals surface area contributed by atoms with Crippen LogP contribution in [0.4, 0.5) is 10.3 Å². The molecule has 1 aliphatic heterocycles. The number of hydrogen-bond donors (Lipinski definition) is 3. The number of fused-ring (bicyclic) bond motifs is 1. The lowest BCUT2D eigenvalue weighted by molar-refractivity contribution is -0.148. The summed E-state index contributed by atoms with van der Waals surface area (Å²) in [5.41, 5.74) is 3.84. The molecule has 0 unspecified atom stereocenters. The minimum absolute atomic E-state index is 0.0838. The Hall–Kier alpha value is -2.91. The molecular weight excluding hydrogens is 624 g/mol. The van der Waals surface area contributed by atoms with Gasteiger partial charge in [0.15, 0.2) is 23.1 Å². The molecule has 2 aromatic heterocycles. The Morgan fingerprint density at radius 3 is 2.15 bits per heavy atom. The van der Waals surface area contributed by atoms with Crippen molar-refractivity contribution in [1.82, 2.24) is 29.7 Å². The molecule has 2 aromatic rings. The monoisotopic (exact) mass is 673 g/mol. The van der Waals surface area contributed by atoms with E-state index in [0.29, 0.717) is 6.61 Å². The molecule has 0 saturated carbocycles. The van der Waals surface area contributed by atoms with Crippen LogP contribution in [-0.2, 0) is 32.9 Å². The lowest BCUT2D eigenvalue weighted by atomic mass is 9.99. The van der Waals surface area contributed by atoms with Crippen LogP contribution in [0.1, 0.15) is 81.9 Å². The third kappa shape index (κ3) is 10.3. The minimum Gasteiger partial charge on any atom is -0.476 e. The van der Waals surface area contributed by atoms with Crippen molar-refractivity contribution in [3.63, 3.8) is 0 Å². The van der Waals surface area contributed by atoms with Gasteiger partial charge in [0.05, 0.1) is 38.9 Å². The lowest BCUT2D eigenvalue weighted by Crippen LogP contribution is -2.43. The molecule has 1 aliphatic rings. The zero-order valence-electron chi connectivity index (χ0n) is 28.4. The number of aromatic nitrogens is 4. The fourth-order valence-corrected chi connectivity index (χ4v) is 6.26. The third-order valence-electron chi connectivity index (χ3n) is 6.57. The number of nitrogen functional groups attached to an aromatic ring is 1. The molecule has 5 atom stereocenters. The zero-order chi connectivity index (χ0) is 34.7. The van der Waals surface area contributed by atoms with Crippen LogP contribution in [0, 0.1) is 10.8 Å². The molecule has 17 heteroatoms. The first-order chi connectivity index (χ1) is 21.1. The van der Waals surface area contributed by atoms with E-state index in [9.17, 15) is 14.2 Å². The van der Waals surface area contributed by atoms with Gasteiger partial charge in [0.1, 0.15) is 12.1 Å². The van der Waals surface area contributed by atoms with Gasteiger partial charge in [-0.15, -0.1) is 0 Å². The number of carbonyl (C=O) groups excluding carboxylic acids is 2. The van der Waals surface area contributed by atoms with E-state index in [0.717, 1.165) is 0 Å². The molecule has 0 amide bonds. The quantitative estimate of drug-likeness (QED) is 0.192. The molecule has 1 fully saturated rings. The van der Waals surface area contributed by atoms with Crippen molar-refractivity contribution in [1.29, 1.82) is 0 Å². The van der Waals surface area contributed by atoms with Crippen LogP contribution in [0.2, 0.25) is 0 Å². The first-order valence-corrected chi connectivity index (χ1v) is 16.9. The summed E-state index contributed by atoms with van der Waals surface area (Å²) in [6, 6.07) is -2.19. The summed E-state index contributed by atoms with van der Waals surface area (Å²) in [7, 11) is -4.18. The maximum atomic E-state index is 16.0. The fraction of sp³-hybridized carbons (Fsp3) is 0.759. The van der Waals surface area contributed by atoms with Crippen molar-refractivity contribution in [3.05, 3.63) is 6.33 Å². The van der Waals surface area contributed by atoms with Crippen molar-refractivity contribution in [2.24, 2.45) is 10.8 Å². The topological polar surface area (TPSA) is 191 Å². The highest BCUT2D eigenvalue weighted by Gasteiger charge is 2.48. The predicted molar refractivity (Wildman–Crippen MR) is 169 cm³/mol. The summed E-state index contributed by atoms with van der Waals surface area (Å²) in [4.78, 5) is 38.0. The summed E-state index contributed by atoms with van der Waals surface area (Å²) in [5, 5.41) is 5.30. The second kappa shape index (κ2) is 14.5. The van der Waals surface area contributed by atoms with E-state index >= 15 is 4.39 Å². The molecule has 0 radical (unpaired) electrons. The number of carbonyl (C=O) groups is 2. The maximum Gasteiger partial charge on any atom is 0.342 e. The second-order valence-corrected chi connectivity index (χ2v) is 16.0. The zero-order valence-corrected chi connectivity index (χ0v) is 29.3. The van der Waals surface area contributed by atoms with Gasteiger partial charge in [-0.05, 0) is 38.5 Å². The summed E-state index contributed by atoms with van der Waals surface area (Å²) in [6.07, 6.45) is -0.890. The van der Waals surface area contributed by atoms with Gasteiger partial charge in [-0.3, -0.25) is 18.7 Å². The molecule has 0 aromatic carbocycles. The number of anilines is 1. The molecule has 260 valence electrons. The number of alkyl halides is 1. The number of nitrogens with two attached hydrogens (primary N) is 1. The fourth-order valence-electron chi connectivity index (χ4n) is 4.43. The lowest BCUT2D eigenvalue weighted by Gasteiger charge is -2.28. The first-order valence-electron chi connectivity index (χ1n) is 15.2. The summed E-state index contributed by atoms with van der Waals surface area (Å²) in [6.45, 7) is 17.7. The van der Waals surface area contributed by atoms with Crippen LogP contribution in [0.25, 0.3) is 11.2 Å². The highest BCUT2D eigenvalue weighted by atomic mass is 31.2. The van der Waals surface area contributed by atoms with E-state index < -0.39 is 49.7 Å². The number of nitrogens with zero attached hydrogens (tertiary/aromatic N) is 4. The number of rotatable bonds is 14. The average molecular weight is 674 g/mol. The van der Waals surface area contributed by atoms with Gasteiger partial charge in [0.25, 0.3) is 0 Å². The van der Waals surface area contributed by atoms with Gasteiger partial charge in [-0.1, -0.05) is 41.5 Å². The van der Waals surface area contributed by atoms with Gasteiger partial charge in [-0.2, -0.15) is 9.97 Å². The number of hydrogen-bond acceptors (Lipinski definition) is 12. The number of halogens is 1. The third-order valence-corrected chi connectivity index (χ3v) is 8.54. The Bertz CT molecular complexity index is 1380. The highest BCUT2D eigenvalue weighted by Crippen LogP contribution is 2.45. The van der Waals surface area contributed by atoms with Crippen LogP contribution in [0.15, 0.2) is 6.33 Å². The van der Waals surface area contributed by atoms with Crippen LogP contribution < -0.4 is 20.6 Å². The molecule has 0 aliphatic carbocycles. The molecule has 46 heavy (non-hydrogen) atoms. The van der Waals surface area contributed by atoms with E-state index in [-0.39, 0.29) is 60.1 Å². The largest absolute Gasteiger partial charge is 0.476 e. The Kier molecular flexibility index (Phi) is 11.8. The molecule has 3 rings (SSSR count). The Balaban J connectivity index is 1.79. The van der Waals surface area contributed by atoms with Crippen LogP contribution in [0.3, 0.4) is 0 Å². The van der Waals surface area contributed by atoms with Crippen molar-refractivity contribution in [3.8, 4) is 5.88 Å². The summed E-state index contributed by atoms with van der Waals surface area (Å²) >= 11 is 0. The number of esters is 2. The molecule has 15 nitrogen and oxygen atoms in total. The maximum absolute atomic E-state index is 16.0. The van der Waals surface area contributed by atoms with Gasteiger partial charge < -0.3 is 29.2 Å². The van der Waals surface area contributed by atoms with Crippen LogP contribution in [-0.4, -0.2) is 81.7 Å². The Morgan fingerprint density at radius 1 is 1.11 bits per heavy atom. The van der Waals surface area contributed by atoms with E-state index in [4.69, 9.17) is 29.2 Å². The van der Waals surface area contributed by atoms with Crippen molar-refractivity contribution >= 4 is 36.7 Å². The Morgan fingerprint density at radius 2 is 1.65 bits per heavy atom. The molecular formula is C29H49FN7O8P. The van der Waals surface area contributed by atoms with Gasteiger partial charge in [0, 0.05) is 6.42 Å². The molecule has 1 saturated heterocycles. The van der Waals surface area contributed by atoms with E-state index in [1.807, 2.05) is 41.5 Å². The van der Waals surface area contributed by atoms with Crippen molar-refractivity contribution < 1.29 is 42.0 Å². The summed E-state index contributed by atoms with van der Waals surface area (Å²) in [5.74, 6) is -1.27. The average Bonchev–Trinajstić information content (AvgIpc) is 3.47. The van der Waals surface area contributed by atoms with Crippen LogP contribution in [0.5, 0.6) is 5.88 Å². The molecule has 0 spiro atoms. The number of imidazole rings is 1. The van der Waals surface area contributed by atoms with E-state index in [1.54, 1.807) is 6.92 Å². The smallest absolute Gasteiger partial charge is 0.342 e. The van der Waals surface area contributed by atoms with Gasteiger partial charge >= 0.3 is 19.6 Å². The van der Waals surface area contributed by atoms with Gasteiger partial charge in [0.2, 0.25) is 11.8 Å². The van der Waals surface area contributed by atoms with Crippen molar-refractivity contribution in [2.45, 2.75) is 106 Å². The normalized spacial score (nSPS) is 22.1. The van der Waals surface area contributed by atoms with E-state index in [1.165, 1.54) is 31.7 Å². The highest BCUT2D eigenvalue weighted by molar-refractivity contribution is 7.54. The SMILES string of the molecule is CCOc1nc(N)nc2c1ncn2[C@@H]1O[C@H](COP(=O)(N[C@@H](C)C(=O)OCC(C)(C)C)N[C@@H](C)C(=O)OCC(C)(C)C)C[C@@]1(C)F. The van der Waals surface area contributed by atoms with E-state index in [2.05, 4.69) is 25.1 Å². The molecule has 4 N–H and O–H groups in total. The van der Waals surface area contributed by atoms with Gasteiger partial charge in [-0.25, -0.2) is 19.5 Å². The molecule has 3 heterocycles. The Labute approximate surface area is 269 Å². The number of ether oxygens (including phenoxy) is 4. The van der Waals surface area contributed by atoms with Crippen molar-refractivity contribution in [2.75, 3.05) is 32.2 Å². The first kappa shape index (κ1) is 37.5. The predicted octanol–water partition coefficient (Wildman–Crippen LogP) is 4.08.